The van der Waals surface area contributed by atoms with Crippen LogP contribution < -0.4 is 16.0 Å². The molecule has 0 fully saturated rings. The van der Waals surface area contributed by atoms with Crippen LogP contribution in [-0.2, 0) is 13.0 Å². The number of aromatic nitrogens is 1. The first kappa shape index (κ1) is 25.6. The number of fused-ring (bicyclic) bond motifs is 1. The maximum absolute atomic E-state index is 13.3. The Morgan fingerprint density at radius 2 is 1.91 bits per heavy atom. The van der Waals surface area contributed by atoms with Gasteiger partial charge in [0.2, 0.25) is 0 Å². The highest BCUT2D eigenvalue weighted by molar-refractivity contribution is 14.0. The number of aromatic amines is 1. The molecule has 0 aliphatic rings. The van der Waals surface area contributed by atoms with Crippen LogP contribution in [0.3, 0.4) is 0 Å². The van der Waals surface area contributed by atoms with Gasteiger partial charge in [-0.05, 0) is 68.7 Å². The lowest BCUT2D eigenvalue weighted by Crippen LogP contribution is -2.40. The van der Waals surface area contributed by atoms with Gasteiger partial charge in [0.25, 0.3) is 5.91 Å². The molecule has 0 saturated heterocycles. The molecule has 3 rings (SSSR count). The summed E-state index contributed by atoms with van der Waals surface area (Å²) in [6.07, 6.45) is 2.69. The molecule has 1 heterocycles. The summed E-state index contributed by atoms with van der Waals surface area (Å²) < 4.78 is 13.3. The normalized spacial score (nSPS) is 11.7. The summed E-state index contributed by atoms with van der Waals surface area (Å²) in [5.74, 6) is 0.342. The number of nitrogens with one attached hydrogen (secondary N) is 4. The predicted molar refractivity (Wildman–Crippen MR) is 139 cm³/mol. The molecular formula is C24H31FIN5O. The van der Waals surface area contributed by atoms with Crippen LogP contribution in [-0.4, -0.2) is 36.0 Å². The van der Waals surface area contributed by atoms with Gasteiger partial charge >= 0.3 is 0 Å². The Bertz CT molecular complexity index is 1090. The first-order valence-electron chi connectivity index (χ1n) is 10.4. The fourth-order valence-electron chi connectivity index (χ4n) is 3.32. The zero-order chi connectivity index (χ0) is 22.4. The van der Waals surface area contributed by atoms with Gasteiger partial charge in [0, 0.05) is 48.3 Å². The number of amides is 1. The summed E-state index contributed by atoms with van der Waals surface area (Å²) in [4.78, 5) is 19.8. The van der Waals surface area contributed by atoms with Gasteiger partial charge in [-0.15, -0.1) is 24.0 Å². The summed E-state index contributed by atoms with van der Waals surface area (Å²) in [5.41, 5.74) is 3.26. The zero-order valence-electron chi connectivity index (χ0n) is 18.9. The Morgan fingerprint density at radius 3 is 2.62 bits per heavy atom. The smallest absolute Gasteiger partial charge is 0.251 e. The fraction of sp³-hybridized carbons (Fsp3) is 0.333. The van der Waals surface area contributed by atoms with Gasteiger partial charge in [-0.25, -0.2) is 4.39 Å². The predicted octanol–water partition coefficient (Wildman–Crippen LogP) is 4.36. The van der Waals surface area contributed by atoms with E-state index in [1.807, 2.05) is 51.2 Å². The molecule has 8 heteroatoms. The number of rotatable bonds is 6. The van der Waals surface area contributed by atoms with E-state index in [2.05, 4.69) is 25.9 Å². The lowest BCUT2D eigenvalue weighted by atomic mass is 10.1. The molecule has 1 amide bonds. The van der Waals surface area contributed by atoms with Crippen LogP contribution in [0.15, 0.2) is 53.7 Å². The highest BCUT2D eigenvalue weighted by Gasteiger charge is 2.15. The Balaban J connectivity index is 0.00000363. The summed E-state index contributed by atoms with van der Waals surface area (Å²) in [6, 6.07) is 12.3. The SMILES string of the molecule is CN=C(NCCc1c[nH]c2cc(F)ccc12)NCc1cccc(C(=O)NC(C)(C)C)c1.I. The van der Waals surface area contributed by atoms with Crippen molar-refractivity contribution < 1.29 is 9.18 Å². The van der Waals surface area contributed by atoms with Crippen molar-refractivity contribution in [1.29, 1.82) is 0 Å². The molecule has 0 radical (unpaired) electrons. The third kappa shape index (κ3) is 7.22. The van der Waals surface area contributed by atoms with E-state index in [1.165, 1.54) is 12.1 Å². The monoisotopic (exact) mass is 551 g/mol. The van der Waals surface area contributed by atoms with Crippen molar-refractivity contribution in [3.05, 3.63) is 71.2 Å². The number of aliphatic imine (C=N–C) groups is 1. The molecular weight excluding hydrogens is 520 g/mol. The largest absolute Gasteiger partial charge is 0.361 e. The van der Waals surface area contributed by atoms with Crippen molar-refractivity contribution in [3.63, 3.8) is 0 Å². The second-order valence-corrected chi connectivity index (χ2v) is 8.51. The summed E-state index contributed by atoms with van der Waals surface area (Å²) in [7, 11) is 1.72. The average Bonchev–Trinajstić information content (AvgIpc) is 3.11. The number of hydrogen-bond acceptors (Lipinski definition) is 2. The second kappa shape index (κ2) is 11.3. The van der Waals surface area contributed by atoms with Gasteiger partial charge in [0.1, 0.15) is 5.82 Å². The van der Waals surface area contributed by atoms with Crippen molar-refractivity contribution in [3.8, 4) is 0 Å². The van der Waals surface area contributed by atoms with Gasteiger partial charge in [0.15, 0.2) is 5.96 Å². The van der Waals surface area contributed by atoms with Crippen LogP contribution in [0.2, 0.25) is 0 Å². The molecule has 0 aliphatic heterocycles. The number of guanidine groups is 1. The number of nitrogens with zero attached hydrogens (tertiary/aromatic N) is 1. The number of halogens is 2. The fourth-order valence-corrected chi connectivity index (χ4v) is 3.32. The minimum absolute atomic E-state index is 0. The highest BCUT2D eigenvalue weighted by Crippen LogP contribution is 2.19. The topological polar surface area (TPSA) is 81.3 Å². The third-order valence-corrected chi connectivity index (χ3v) is 4.78. The van der Waals surface area contributed by atoms with E-state index >= 15 is 0 Å². The minimum atomic E-state index is -0.281. The molecule has 6 nitrogen and oxygen atoms in total. The van der Waals surface area contributed by atoms with Crippen LogP contribution in [0.25, 0.3) is 10.9 Å². The molecule has 2 aromatic carbocycles. The first-order chi connectivity index (χ1) is 14.7. The molecule has 3 aromatic rings. The van der Waals surface area contributed by atoms with Crippen molar-refractivity contribution in [2.45, 2.75) is 39.3 Å². The average molecular weight is 551 g/mol. The van der Waals surface area contributed by atoms with Gasteiger partial charge in [-0.2, -0.15) is 0 Å². The molecule has 0 unspecified atom stereocenters. The minimum Gasteiger partial charge on any atom is -0.361 e. The van der Waals surface area contributed by atoms with E-state index in [0.29, 0.717) is 24.6 Å². The second-order valence-electron chi connectivity index (χ2n) is 8.51. The van der Waals surface area contributed by atoms with Crippen molar-refractivity contribution >= 4 is 46.7 Å². The van der Waals surface area contributed by atoms with Crippen LogP contribution in [0.5, 0.6) is 0 Å². The number of hydrogen-bond donors (Lipinski definition) is 4. The maximum atomic E-state index is 13.3. The molecule has 0 aliphatic carbocycles. The van der Waals surface area contributed by atoms with Crippen molar-refractivity contribution in [2.75, 3.05) is 13.6 Å². The molecule has 0 atom stereocenters. The molecule has 0 saturated carbocycles. The van der Waals surface area contributed by atoms with Crippen molar-refractivity contribution in [1.82, 2.24) is 20.9 Å². The summed E-state index contributed by atoms with van der Waals surface area (Å²) >= 11 is 0. The number of carbonyl (C=O) groups excluding carboxylic acids is 1. The summed E-state index contributed by atoms with van der Waals surface area (Å²) in [6.45, 7) is 7.10. The van der Waals surface area contributed by atoms with Crippen LogP contribution in [0.4, 0.5) is 4.39 Å². The van der Waals surface area contributed by atoms with E-state index in [0.717, 1.165) is 28.5 Å². The lowest BCUT2D eigenvalue weighted by Gasteiger charge is -2.20. The van der Waals surface area contributed by atoms with E-state index in [1.54, 1.807) is 13.1 Å². The van der Waals surface area contributed by atoms with Crippen molar-refractivity contribution in [2.24, 2.45) is 4.99 Å². The van der Waals surface area contributed by atoms with E-state index in [9.17, 15) is 9.18 Å². The van der Waals surface area contributed by atoms with Gasteiger partial charge in [-0.1, -0.05) is 12.1 Å². The Labute approximate surface area is 205 Å². The molecule has 0 bridgehead atoms. The molecule has 32 heavy (non-hydrogen) atoms. The van der Waals surface area contributed by atoms with Crippen LogP contribution in [0, 0.1) is 5.82 Å². The molecule has 1 aromatic heterocycles. The molecule has 172 valence electrons. The number of H-pyrrole nitrogens is 1. The Kier molecular flexibility index (Phi) is 9.06. The Hall–Kier alpha value is -2.62. The molecule has 0 spiro atoms. The van der Waals surface area contributed by atoms with E-state index < -0.39 is 0 Å². The molecule has 4 N–H and O–H groups in total. The van der Waals surface area contributed by atoms with Crippen LogP contribution >= 0.6 is 24.0 Å². The number of benzene rings is 2. The lowest BCUT2D eigenvalue weighted by molar-refractivity contribution is 0.0919. The quantitative estimate of drug-likeness (QED) is 0.209. The Morgan fingerprint density at radius 1 is 1.12 bits per heavy atom. The van der Waals surface area contributed by atoms with Gasteiger partial charge in [0.05, 0.1) is 0 Å². The maximum Gasteiger partial charge on any atom is 0.251 e. The highest BCUT2D eigenvalue weighted by atomic mass is 127. The van der Waals surface area contributed by atoms with Gasteiger partial charge < -0.3 is 20.9 Å². The van der Waals surface area contributed by atoms with Gasteiger partial charge in [-0.3, -0.25) is 9.79 Å². The van der Waals surface area contributed by atoms with Crippen LogP contribution in [0.1, 0.15) is 42.3 Å². The first-order valence-corrected chi connectivity index (χ1v) is 10.4. The van der Waals surface area contributed by atoms with E-state index in [4.69, 9.17) is 0 Å². The summed E-state index contributed by atoms with van der Waals surface area (Å²) in [5, 5.41) is 10.6. The zero-order valence-corrected chi connectivity index (χ0v) is 21.2. The standard InChI is InChI=1S/C24H30FN5O.HI/c1-24(2,3)30-22(31)17-7-5-6-16(12-17)14-29-23(26-4)27-11-10-18-15-28-21-13-19(25)8-9-20(18)21;/h5-9,12-13,15,28H,10-11,14H2,1-4H3,(H,30,31)(H2,26,27,29);1H. The third-order valence-electron chi connectivity index (χ3n) is 4.78. The van der Waals surface area contributed by atoms with E-state index in [-0.39, 0.29) is 41.2 Å². The number of carbonyl (C=O) groups is 1.